The van der Waals surface area contributed by atoms with Crippen molar-refractivity contribution in [1.29, 1.82) is 0 Å². The van der Waals surface area contributed by atoms with Gasteiger partial charge in [0.05, 0.1) is 129 Å². The third-order valence-electron chi connectivity index (χ3n) is 20.6. The van der Waals surface area contributed by atoms with Gasteiger partial charge in [0.25, 0.3) is 0 Å². The zero-order valence-corrected chi connectivity index (χ0v) is 46.1. The Morgan fingerprint density at radius 1 is 0.519 bits per heavy atom. The number of hydrogen-bond acceptors (Lipinski definition) is 19. The first-order valence-corrected chi connectivity index (χ1v) is 30.0. The van der Waals surface area contributed by atoms with Crippen molar-refractivity contribution >= 4 is 0 Å². The number of hydrogen-bond donors (Lipinski definition) is 6. The molecule has 0 amide bonds. The number of ether oxygens (including phenoxy) is 13. The molecular formula is C60H86O19. The average molecular weight is 1110 g/mol. The van der Waals surface area contributed by atoms with Crippen LogP contribution in [0.25, 0.3) is 0 Å². The van der Waals surface area contributed by atoms with Crippen molar-refractivity contribution in [3.05, 3.63) is 60.8 Å². The van der Waals surface area contributed by atoms with Gasteiger partial charge in [-0.15, -0.1) is 0 Å². The third kappa shape index (κ3) is 10.5. The zero-order valence-electron chi connectivity index (χ0n) is 46.1. The molecule has 440 valence electrons. The standard InChI is InChI=1S/C60H86O19/c1-28-19-42-44(22-48-54(76-42)30(3)52(65)58-55(77-48)29(2)31(4)60(79-58)25-33(63)27-67-60)73-46-24-51-59(5,78-47(46)20-28)50(64)23-45-36(74-51)11-7-6-10-35-37(71-45)15-16-39-38(69-35)17-18-40-43(70-39)21-49-57(75-40)53(66)56-41(72-49)12-8-9-34(68-56)14-13-32(62)26-61/h6-9,13-18,28-58,61-66H,10-12,19-27H2,1-5H3/b7-6-,14-13+/t28-,29+,30+,31+,32+,33+,34-,35-,36+,37+,38+,39-,40-,41+,42+,43+,44-,45-,46+,47-,48+,49-,50-,51-,52+,53-,54-,55-,56+,57-,58+,59+,60+/m1/s1. The molecule has 0 aliphatic carbocycles. The van der Waals surface area contributed by atoms with Gasteiger partial charge in [-0.05, 0) is 50.9 Å². The molecule has 0 radical (unpaired) electrons. The molecule has 19 nitrogen and oxygen atoms in total. The van der Waals surface area contributed by atoms with Crippen molar-refractivity contribution in [3.8, 4) is 0 Å². The molecule has 0 bridgehead atoms. The van der Waals surface area contributed by atoms with E-state index in [0.717, 1.165) is 6.42 Å². The fourth-order valence-corrected chi connectivity index (χ4v) is 15.9. The molecule has 9 fully saturated rings. The van der Waals surface area contributed by atoms with E-state index in [9.17, 15) is 30.6 Å². The lowest BCUT2D eigenvalue weighted by Gasteiger charge is -2.53. The van der Waals surface area contributed by atoms with E-state index in [2.05, 4.69) is 32.9 Å². The molecule has 19 heteroatoms. The first kappa shape index (κ1) is 56.1. The van der Waals surface area contributed by atoms with Crippen LogP contribution in [0.3, 0.4) is 0 Å². The van der Waals surface area contributed by atoms with Crippen LogP contribution in [0.2, 0.25) is 0 Å². The molecule has 6 N–H and O–H groups in total. The van der Waals surface area contributed by atoms with E-state index < -0.39 is 134 Å². The van der Waals surface area contributed by atoms with Gasteiger partial charge < -0.3 is 92.2 Å². The first-order valence-electron chi connectivity index (χ1n) is 30.0. The molecule has 0 saturated carbocycles. The molecule has 13 heterocycles. The first-order chi connectivity index (χ1) is 38.0. The van der Waals surface area contributed by atoms with Crippen LogP contribution in [-0.4, -0.2) is 220 Å². The maximum atomic E-state index is 12.4. The van der Waals surface area contributed by atoms with E-state index in [1.807, 2.05) is 50.3 Å². The van der Waals surface area contributed by atoms with Crippen molar-refractivity contribution in [2.45, 2.75) is 275 Å². The van der Waals surface area contributed by atoms with E-state index in [4.69, 9.17) is 61.6 Å². The average Bonchev–Trinajstić information content (AvgIpc) is 3.66. The lowest BCUT2D eigenvalue weighted by molar-refractivity contribution is -0.339. The Bertz CT molecular complexity index is 2300. The molecular weight excluding hydrogens is 1020 g/mol. The number of aliphatic hydroxyl groups is 6. The second-order valence-electron chi connectivity index (χ2n) is 25.9. The monoisotopic (exact) mass is 1110 g/mol. The van der Waals surface area contributed by atoms with E-state index in [0.29, 0.717) is 57.8 Å². The lowest BCUT2D eigenvalue weighted by atomic mass is 9.75. The van der Waals surface area contributed by atoms with Crippen molar-refractivity contribution in [2.75, 3.05) is 13.2 Å². The molecule has 13 aliphatic rings. The highest BCUT2D eigenvalue weighted by molar-refractivity contribution is 5.18. The Balaban J connectivity index is 0.677. The summed E-state index contributed by atoms with van der Waals surface area (Å²) in [5, 5.41) is 65.9. The van der Waals surface area contributed by atoms with E-state index in [1.165, 1.54) is 6.08 Å². The number of aliphatic hydroxyl groups excluding tert-OH is 6. The Kier molecular flexibility index (Phi) is 15.9. The highest BCUT2D eigenvalue weighted by atomic mass is 16.7. The summed E-state index contributed by atoms with van der Waals surface area (Å²) < 4.78 is 89.0. The Hall–Kier alpha value is -2.06. The van der Waals surface area contributed by atoms with Gasteiger partial charge in [-0.3, -0.25) is 0 Å². The number of rotatable bonds is 3. The molecule has 0 aromatic carbocycles. The van der Waals surface area contributed by atoms with Crippen molar-refractivity contribution in [2.24, 2.45) is 23.7 Å². The summed E-state index contributed by atoms with van der Waals surface area (Å²) >= 11 is 0. The molecule has 1 spiro atoms. The number of fused-ring (bicyclic) bond motifs is 11. The minimum Gasteiger partial charge on any atom is -0.393 e. The van der Waals surface area contributed by atoms with Gasteiger partial charge in [0, 0.05) is 43.9 Å². The Morgan fingerprint density at radius 2 is 1.14 bits per heavy atom. The van der Waals surface area contributed by atoms with Crippen LogP contribution in [0.4, 0.5) is 0 Å². The minimum absolute atomic E-state index is 0.0318. The Morgan fingerprint density at radius 3 is 1.91 bits per heavy atom. The van der Waals surface area contributed by atoms with Crippen molar-refractivity contribution in [1.82, 2.24) is 0 Å². The van der Waals surface area contributed by atoms with Gasteiger partial charge in [-0.1, -0.05) is 88.5 Å². The topological polar surface area (TPSA) is 241 Å². The van der Waals surface area contributed by atoms with Gasteiger partial charge >= 0.3 is 0 Å². The maximum Gasteiger partial charge on any atom is 0.174 e. The minimum atomic E-state index is -1.04. The van der Waals surface area contributed by atoms with Crippen LogP contribution in [0.5, 0.6) is 0 Å². The van der Waals surface area contributed by atoms with Crippen molar-refractivity contribution in [3.63, 3.8) is 0 Å². The van der Waals surface area contributed by atoms with Crippen LogP contribution >= 0.6 is 0 Å². The fourth-order valence-electron chi connectivity index (χ4n) is 15.9. The van der Waals surface area contributed by atoms with Gasteiger partial charge in [-0.2, -0.15) is 0 Å². The summed E-state index contributed by atoms with van der Waals surface area (Å²) in [5.41, 5.74) is -1.04. The quantitative estimate of drug-likeness (QED) is 0.223. The van der Waals surface area contributed by atoms with Gasteiger partial charge in [0.2, 0.25) is 0 Å². The van der Waals surface area contributed by atoms with Crippen LogP contribution in [0.15, 0.2) is 60.8 Å². The highest BCUT2D eigenvalue weighted by Crippen LogP contribution is 2.52. The predicted molar refractivity (Wildman–Crippen MR) is 279 cm³/mol. The molecule has 9 saturated heterocycles. The van der Waals surface area contributed by atoms with Crippen LogP contribution in [0, 0.1) is 23.7 Å². The highest BCUT2D eigenvalue weighted by Gasteiger charge is 2.63. The SMILES string of the molecule is C[C@@H]1C[C@@H]2O[C@@H]3[C@@H](C)[C@H](O)[C@@H]4O[C@@]5(C[C@H](O)CO5)[C@@H](C)[C@H](C)[C@H]4O[C@H]3C[C@H]2O[C@H]2C[C@H]3O[C@H]4C/C=C\C[C@H]5O[C@H]6C=C[C@H]7O[C@H]8[C@H](O)[C@H]9O[C@@H](/C=C/[C@H](O)CO)C=CC[C@@H]9O[C@@H]8C[C@@H]7O[C@@H]6C=C[C@@H]5O[C@@H]4C[C@@H](O)[C@]3(C)O[C@@H]2C1. The maximum absolute atomic E-state index is 12.4. The largest absolute Gasteiger partial charge is 0.393 e. The summed E-state index contributed by atoms with van der Waals surface area (Å²) in [5.74, 6) is -1.19. The predicted octanol–water partition coefficient (Wildman–Crippen LogP) is 2.97. The lowest BCUT2D eigenvalue weighted by Crippen LogP contribution is -2.63. The molecule has 13 aliphatic heterocycles. The summed E-state index contributed by atoms with van der Waals surface area (Å²) in [7, 11) is 0. The second-order valence-corrected chi connectivity index (χ2v) is 25.9. The van der Waals surface area contributed by atoms with Crippen LogP contribution in [-0.2, 0) is 61.6 Å². The summed E-state index contributed by atoms with van der Waals surface area (Å²) in [6.07, 6.45) is 10.5. The molecule has 0 aromatic heterocycles. The second kappa shape index (κ2) is 22.4. The van der Waals surface area contributed by atoms with Gasteiger partial charge in [0.1, 0.15) is 54.4 Å². The van der Waals surface area contributed by atoms with E-state index >= 15 is 0 Å². The van der Waals surface area contributed by atoms with E-state index in [1.54, 1.807) is 6.08 Å². The summed E-state index contributed by atoms with van der Waals surface area (Å²) in [4.78, 5) is 0. The van der Waals surface area contributed by atoms with Gasteiger partial charge in [0.15, 0.2) is 5.79 Å². The Labute approximate surface area is 463 Å². The smallest absolute Gasteiger partial charge is 0.174 e. The van der Waals surface area contributed by atoms with E-state index in [-0.39, 0.29) is 79.1 Å². The zero-order chi connectivity index (χ0) is 54.6. The van der Waals surface area contributed by atoms with Crippen molar-refractivity contribution < 1.29 is 92.2 Å². The fraction of sp³-hybridized carbons (Fsp3) is 0.833. The molecule has 33 atom stereocenters. The molecule has 0 unspecified atom stereocenters. The van der Waals surface area contributed by atoms with Crippen LogP contribution in [0.1, 0.15) is 98.8 Å². The van der Waals surface area contributed by atoms with Gasteiger partial charge in [-0.25, -0.2) is 0 Å². The molecule has 0 aromatic rings. The van der Waals surface area contributed by atoms with Crippen LogP contribution < -0.4 is 0 Å². The summed E-state index contributed by atoms with van der Waals surface area (Å²) in [6, 6.07) is 0. The third-order valence-corrected chi connectivity index (χ3v) is 20.6. The summed E-state index contributed by atoms with van der Waals surface area (Å²) in [6.45, 7) is 10.3. The molecule has 13 rings (SSSR count). The molecule has 79 heavy (non-hydrogen) atoms. The normalized spacial score (nSPS) is 56.8.